The molecule has 1 rings (SSSR count). The standard InChI is InChI=1S/C4H3N2.CH3.Li/c1-2-6-4-3-5-1;;/h1-3H;1H3;. The largest absolute Gasteiger partial charge is 0.261 e. The maximum Gasteiger partial charge on any atom is 0.108 e. The van der Waals surface area contributed by atoms with E-state index in [9.17, 15) is 0 Å². The zero-order valence-electron chi connectivity index (χ0n) is 5.13. The van der Waals surface area contributed by atoms with E-state index in [1.165, 1.54) is 6.20 Å². The average molecular weight is 101 g/mol. The second-order valence-corrected chi connectivity index (χ2v) is 0.835. The van der Waals surface area contributed by atoms with Crippen LogP contribution in [0.5, 0.6) is 0 Å². The molecule has 0 spiro atoms. The van der Waals surface area contributed by atoms with E-state index in [-0.39, 0.29) is 0 Å². The molecule has 0 unspecified atom stereocenters. The van der Waals surface area contributed by atoms with Gasteiger partial charge in [-0.2, -0.15) is 0 Å². The van der Waals surface area contributed by atoms with E-state index in [4.69, 9.17) is 0 Å². The molecule has 0 bridgehead atoms. The van der Waals surface area contributed by atoms with Gasteiger partial charge in [-0.3, -0.25) is 9.97 Å². The number of nitrogens with zero attached hydrogens (tertiary/aromatic N) is 2. The molecule has 1 radical (unpaired) electrons. The maximum atomic E-state index is 3.67. The van der Waals surface area contributed by atoms with Gasteiger partial charge in [0.15, 0.2) is 0 Å². The topological polar surface area (TPSA) is 25.8 Å². The summed E-state index contributed by atoms with van der Waals surface area (Å²) < 4.78 is 0. The Morgan fingerprint density at radius 3 is 2.25 bits per heavy atom. The summed E-state index contributed by atoms with van der Waals surface area (Å²) in [6, 6.07) is 0. The van der Waals surface area contributed by atoms with Gasteiger partial charge >= 0.3 is 23.3 Å². The van der Waals surface area contributed by atoms with Gasteiger partial charge in [0.25, 0.3) is 0 Å². The molecule has 0 N–H and O–H groups in total. The fourth-order valence-corrected chi connectivity index (χ4v) is 0.225. The summed E-state index contributed by atoms with van der Waals surface area (Å²) >= 11 is 2.00. The fraction of sp³-hybridized carbons (Fsp3) is 0.200. The van der Waals surface area contributed by atoms with Gasteiger partial charge in [-0.15, -0.1) is 0 Å². The van der Waals surface area contributed by atoms with Crippen molar-refractivity contribution in [3.8, 4) is 0 Å². The molecule has 0 aliphatic carbocycles. The average Bonchev–Trinajstić information content (AvgIpc) is 1.96. The van der Waals surface area contributed by atoms with Crippen molar-refractivity contribution in [1.82, 2.24) is 9.97 Å². The second-order valence-electron chi connectivity index (χ2n) is 0.835. The molecular weight excluding hydrogens is 95.0 g/mol. The molecule has 1 heterocycles. The van der Waals surface area contributed by atoms with Crippen molar-refractivity contribution in [2.75, 3.05) is 0 Å². The first kappa shape index (κ1) is 7.68. The van der Waals surface area contributed by atoms with Crippen LogP contribution in [0.2, 0.25) is 5.60 Å². The van der Waals surface area contributed by atoms with Crippen LogP contribution < -0.4 is 0 Å². The molecule has 0 amide bonds. The summed E-state index contributed by atoms with van der Waals surface area (Å²) in [5, 5.41) is 0. The third-order valence-corrected chi connectivity index (χ3v) is 0.434. The molecule has 0 aliphatic heterocycles. The van der Waals surface area contributed by atoms with Gasteiger partial charge < -0.3 is 0 Å². The van der Waals surface area contributed by atoms with Crippen molar-refractivity contribution in [3.63, 3.8) is 0 Å². The van der Waals surface area contributed by atoms with E-state index in [1.807, 2.05) is 23.3 Å². The Bertz CT molecular complexity index is 82.4. The van der Waals surface area contributed by atoms with Crippen molar-refractivity contribution >= 4 is 17.7 Å². The molecule has 0 fully saturated rings. The molecule has 3 heteroatoms. The predicted octanol–water partition coefficient (Wildman–Crippen LogP) is 0.480. The third kappa shape index (κ3) is 3.85. The normalized spacial score (nSPS) is 6.88. The van der Waals surface area contributed by atoms with E-state index in [1.54, 1.807) is 12.4 Å². The molecule has 0 aromatic carbocycles. The number of rotatable bonds is 0. The van der Waals surface area contributed by atoms with Gasteiger partial charge in [0.2, 0.25) is 0 Å². The molecule has 0 aliphatic rings. The van der Waals surface area contributed by atoms with Crippen LogP contribution >= 0.6 is 0 Å². The molecule has 0 saturated carbocycles. The van der Waals surface area contributed by atoms with Gasteiger partial charge in [-0.1, -0.05) is 0 Å². The van der Waals surface area contributed by atoms with Gasteiger partial charge in [-0.25, -0.2) is 0 Å². The minimum atomic E-state index is 1.51. The predicted molar refractivity (Wildman–Crippen MR) is 32.5 cm³/mol. The Balaban J connectivity index is 0.000000222. The second kappa shape index (κ2) is 6.68. The van der Waals surface area contributed by atoms with Crippen molar-refractivity contribution < 1.29 is 0 Å². The van der Waals surface area contributed by atoms with E-state index in [0.717, 1.165) is 0 Å². The summed E-state index contributed by atoms with van der Waals surface area (Å²) in [7, 11) is 0. The Labute approximate surface area is 58.6 Å². The molecule has 1 aromatic heterocycles. The SMILES string of the molecule is [Li][CH3].[c]1cnccn1. The van der Waals surface area contributed by atoms with Crippen LogP contribution in [0.15, 0.2) is 18.6 Å². The summed E-state index contributed by atoms with van der Waals surface area (Å²) in [6.07, 6.45) is 7.24. The number of hydrogen-bond donors (Lipinski definition) is 0. The summed E-state index contributed by atoms with van der Waals surface area (Å²) in [4.78, 5) is 7.26. The van der Waals surface area contributed by atoms with E-state index in [0.29, 0.717) is 0 Å². The van der Waals surface area contributed by atoms with Crippen LogP contribution in [0, 0.1) is 6.20 Å². The molecule has 8 heavy (non-hydrogen) atoms. The van der Waals surface area contributed by atoms with E-state index >= 15 is 0 Å². The first-order chi connectivity index (χ1) is 4.00. The van der Waals surface area contributed by atoms with Gasteiger partial charge in [0, 0.05) is 12.4 Å². The van der Waals surface area contributed by atoms with Crippen molar-refractivity contribution in [2.45, 2.75) is 5.60 Å². The maximum absolute atomic E-state index is 3.67. The van der Waals surface area contributed by atoms with Crippen molar-refractivity contribution in [1.29, 1.82) is 0 Å². The van der Waals surface area contributed by atoms with Crippen LogP contribution in [-0.2, 0) is 0 Å². The first-order valence-corrected chi connectivity index (χ1v) is 2.62. The minimum Gasteiger partial charge on any atom is -0.261 e. The van der Waals surface area contributed by atoms with Gasteiger partial charge in [-0.05, 0) is 0 Å². The van der Waals surface area contributed by atoms with Crippen LogP contribution in [0.1, 0.15) is 0 Å². The van der Waals surface area contributed by atoms with Gasteiger partial charge in [0.1, 0.15) is 6.20 Å². The molecule has 0 atom stereocenters. The quantitative estimate of drug-likeness (QED) is 0.444. The first-order valence-electron chi connectivity index (χ1n) is 2.62. The van der Waals surface area contributed by atoms with Crippen LogP contribution in [0.25, 0.3) is 0 Å². The Hall–Kier alpha value is -0.323. The molecule has 37 valence electrons. The molecular formula is C5H6LiN2. The van der Waals surface area contributed by atoms with E-state index < -0.39 is 0 Å². The number of hydrogen-bond acceptors (Lipinski definition) is 2. The fourth-order valence-electron chi connectivity index (χ4n) is 0.225. The van der Waals surface area contributed by atoms with Gasteiger partial charge in [0.05, 0.1) is 6.20 Å². The van der Waals surface area contributed by atoms with Crippen LogP contribution in [0.3, 0.4) is 0 Å². The Kier molecular flexibility index (Phi) is 6.41. The third-order valence-electron chi connectivity index (χ3n) is 0.434. The zero-order chi connectivity index (χ0) is 6.24. The van der Waals surface area contributed by atoms with Crippen LogP contribution in [0.4, 0.5) is 0 Å². The zero-order valence-corrected chi connectivity index (χ0v) is 5.13. The van der Waals surface area contributed by atoms with Crippen LogP contribution in [-0.4, -0.2) is 27.7 Å². The summed E-state index contributed by atoms with van der Waals surface area (Å²) in [6.45, 7) is 0. The molecule has 1 aromatic rings. The summed E-state index contributed by atoms with van der Waals surface area (Å²) in [5.74, 6) is 0. The monoisotopic (exact) mass is 101 g/mol. The van der Waals surface area contributed by atoms with E-state index in [2.05, 4.69) is 16.2 Å². The molecule has 2 nitrogen and oxygen atoms in total. The minimum absolute atomic E-state index is 1.51. The number of aromatic nitrogens is 2. The smallest absolute Gasteiger partial charge is 0.108 e. The van der Waals surface area contributed by atoms with Crippen molar-refractivity contribution in [2.24, 2.45) is 0 Å². The molecule has 0 saturated heterocycles. The van der Waals surface area contributed by atoms with Crippen molar-refractivity contribution in [3.05, 3.63) is 24.8 Å². The summed E-state index contributed by atoms with van der Waals surface area (Å²) in [5.41, 5.74) is 2.00. The Morgan fingerprint density at radius 1 is 1.38 bits per heavy atom. The Morgan fingerprint density at radius 2 is 2.12 bits per heavy atom.